The van der Waals surface area contributed by atoms with Crippen LogP contribution < -0.4 is 33.2 Å². The molecule has 14 heteroatoms. The number of nitrogens with two attached hydrogens (primary N) is 3. The predicted octanol–water partition coefficient (Wildman–Crippen LogP) is -1.33. The molecule has 0 spiro atoms. The van der Waals surface area contributed by atoms with Crippen molar-refractivity contribution in [2.24, 2.45) is 28.1 Å². The maximum Gasteiger partial charge on any atom is 0.326 e. The van der Waals surface area contributed by atoms with Gasteiger partial charge in [-0.05, 0) is 30.7 Å². The van der Waals surface area contributed by atoms with E-state index < -0.39 is 60.2 Å². The molecule has 1 aromatic carbocycles. The van der Waals surface area contributed by atoms with Gasteiger partial charge in [0.1, 0.15) is 18.1 Å². The summed E-state index contributed by atoms with van der Waals surface area (Å²) < 4.78 is 0. The second kappa shape index (κ2) is 16.6. The summed E-state index contributed by atoms with van der Waals surface area (Å²) in [5.74, 6) is -5.26. The van der Waals surface area contributed by atoms with E-state index in [9.17, 15) is 34.2 Å². The van der Waals surface area contributed by atoms with Crippen LogP contribution in [-0.2, 0) is 30.4 Å². The Bertz CT molecular complexity index is 1010. The first kappa shape index (κ1) is 32.8. The van der Waals surface area contributed by atoms with Gasteiger partial charge < -0.3 is 43.4 Å². The maximum atomic E-state index is 13.0. The second-order valence-corrected chi connectivity index (χ2v) is 9.49. The van der Waals surface area contributed by atoms with E-state index in [0.717, 1.165) is 0 Å². The number of hydrogen-bond donors (Lipinski definition) is 8. The van der Waals surface area contributed by atoms with Crippen LogP contribution in [0.1, 0.15) is 45.1 Å². The van der Waals surface area contributed by atoms with Gasteiger partial charge in [0.05, 0.1) is 12.5 Å². The molecular weight excluding hydrogens is 510 g/mol. The molecule has 4 atom stereocenters. The highest BCUT2D eigenvalue weighted by atomic mass is 16.4. The molecule has 1 aromatic rings. The van der Waals surface area contributed by atoms with Gasteiger partial charge in [-0.1, -0.05) is 44.2 Å². The van der Waals surface area contributed by atoms with E-state index in [2.05, 4.69) is 20.9 Å². The average molecular weight is 550 g/mol. The summed E-state index contributed by atoms with van der Waals surface area (Å²) in [6, 6.07) is 3.66. The van der Waals surface area contributed by atoms with E-state index in [1.54, 1.807) is 44.2 Å². The van der Waals surface area contributed by atoms with Crippen molar-refractivity contribution < 1.29 is 34.2 Å². The monoisotopic (exact) mass is 549 g/mol. The van der Waals surface area contributed by atoms with Crippen LogP contribution in [0, 0.1) is 5.92 Å². The molecule has 0 radical (unpaired) electrons. The number of amides is 3. The quantitative estimate of drug-likeness (QED) is 0.0645. The Morgan fingerprint density at radius 1 is 0.872 bits per heavy atom. The molecule has 0 saturated carbocycles. The van der Waals surface area contributed by atoms with Gasteiger partial charge in [-0.25, -0.2) is 4.79 Å². The predicted molar refractivity (Wildman–Crippen MR) is 143 cm³/mol. The van der Waals surface area contributed by atoms with Gasteiger partial charge in [-0.3, -0.25) is 24.2 Å². The lowest BCUT2D eigenvalue weighted by Gasteiger charge is -2.25. The molecule has 11 N–H and O–H groups in total. The average Bonchev–Trinajstić information content (AvgIpc) is 2.84. The first-order chi connectivity index (χ1) is 18.3. The molecule has 4 unspecified atom stereocenters. The zero-order chi connectivity index (χ0) is 29.5. The third-order valence-corrected chi connectivity index (χ3v) is 5.55. The molecule has 0 fully saturated rings. The molecule has 216 valence electrons. The number of rotatable bonds is 17. The fourth-order valence-electron chi connectivity index (χ4n) is 3.61. The number of aliphatic carboxylic acids is 2. The number of carboxylic acid groups (broad SMARTS) is 2. The van der Waals surface area contributed by atoms with Crippen LogP contribution in [0.5, 0.6) is 0 Å². The Kier molecular flexibility index (Phi) is 14.0. The maximum absolute atomic E-state index is 13.0. The highest BCUT2D eigenvalue weighted by molar-refractivity contribution is 5.95. The molecule has 3 amide bonds. The number of hydrogen-bond acceptors (Lipinski definition) is 7. The number of guanidine groups is 1. The second-order valence-electron chi connectivity index (χ2n) is 9.49. The van der Waals surface area contributed by atoms with Crippen molar-refractivity contribution in [2.45, 2.75) is 70.1 Å². The Morgan fingerprint density at radius 2 is 1.44 bits per heavy atom. The summed E-state index contributed by atoms with van der Waals surface area (Å²) in [6.07, 6.45) is -0.0799. The van der Waals surface area contributed by atoms with Crippen LogP contribution in [0.4, 0.5) is 0 Å². The molecular formula is C25H39N7O7. The standard InChI is InChI=1S/C25H39N7O7/c1-14(2)11-17(22(36)32-19(24(38)39)12-15-7-4-3-5-8-15)31-23(37)18(13-20(33)34)30-21(35)16(26)9-6-10-29-25(27)28/h3-5,7-8,14,16-19H,6,9-13,26H2,1-2H3,(H,30,35)(H,31,37)(H,32,36)(H,33,34)(H,38,39)(H4,27,28,29). The Morgan fingerprint density at radius 3 is 1.97 bits per heavy atom. The molecule has 0 aromatic heterocycles. The van der Waals surface area contributed by atoms with E-state index in [1.807, 2.05) is 0 Å². The fraction of sp³-hybridized carbons (Fsp3) is 0.520. The summed E-state index contributed by atoms with van der Waals surface area (Å²) >= 11 is 0. The molecule has 14 nitrogen and oxygen atoms in total. The molecule has 0 aliphatic rings. The minimum absolute atomic E-state index is 0.0169. The van der Waals surface area contributed by atoms with Crippen molar-refractivity contribution in [1.29, 1.82) is 0 Å². The van der Waals surface area contributed by atoms with Crippen molar-refractivity contribution in [3.63, 3.8) is 0 Å². The lowest BCUT2D eigenvalue weighted by atomic mass is 10.0. The third-order valence-electron chi connectivity index (χ3n) is 5.55. The summed E-state index contributed by atoms with van der Waals surface area (Å²) in [5.41, 5.74) is 17.0. The van der Waals surface area contributed by atoms with Gasteiger partial charge in [0.25, 0.3) is 0 Å². The molecule has 1 rings (SSSR count). The Balaban J connectivity index is 2.94. The van der Waals surface area contributed by atoms with E-state index in [4.69, 9.17) is 17.2 Å². The van der Waals surface area contributed by atoms with Gasteiger partial charge >= 0.3 is 11.9 Å². The van der Waals surface area contributed by atoms with Gasteiger partial charge in [0.2, 0.25) is 17.7 Å². The van der Waals surface area contributed by atoms with Crippen LogP contribution in [-0.4, -0.2) is 76.5 Å². The van der Waals surface area contributed by atoms with Crippen LogP contribution in [0.25, 0.3) is 0 Å². The van der Waals surface area contributed by atoms with E-state index in [0.29, 0.717) is 12.0 Å². The zero-order valence-corrected chi connectivity index (χ0v) is 22.1. The number of benzene rings is 1. The van der Waals surface area contributed by atoms with Gasteiger partial charge in [-0.15, -0.1) is 0 Å². The van der Waals surface area contributed by atoms with Gasteiger partial charge in [-0.2, -0.15) is 0 Å². The van der Waals surface area contributed by atoms with Gasteiger partial charge in [0.15, 0.2) is 5.96 Å². The van der Waals surface area contributed by atoms with Crippen molar-refractivity contribution in [3.8, 4) is 0 Å². The van der Waals surface area contributed by atoms with Crippen molar-refractivity contribution >= 4 is 35.6 Å². The SMILES string of the molecule is CC(C)CC(NC(=O)C(CC(=O)O)NC(=O)C(N)CCCN=C(N)N)C(=O)NC(Cc1ccccc1)C(=O)O. The van der Waals surface area contributed by atoms with E-state index in [-0.39, 0.29) is 37.7 Å². The van der Waals surface area contributed by atoms with Crippen molar-refractivity contribution in [1.82, 2.24) is 16.0 Å². The number of carbonyl (C=O) groups is 5. The topological polar surface area (TPSA) is 252 Å². The zero-order valence-electron chi connectivity index (χ0n) is 22.1. The highest BCUT2D eigenvalue weighted by Crippen LogP contribution is 2.09. The van der Waals surface area contributed by atoms with Gasteiger partial charge in [0, 0.05) is 13.0 Å². The molecule has 0 bridgehead atoms. The highest BCUT2D eigenvalue weighted by Gasteiger charge is 2.31. The normalized spacial score (nSPS) is 13.8. The Labute approximate surface area is 226 Å². The van der Waals surface area contributed by atoms with Crippen LogP contribution in [0.3, 0.4) is 0 Å². The Hall–Kier alpha value is -4.20. The number of carboxylic acids is 2. The molecule has 0 saturated heterocycles. The first-order valence-electron chi connectivity index (χ1n) is 12.5. The van der Waals surface area contributed by atoms with E-state index >= 15 is 0 Å². The van der Waals surface area contributed by atoms with E-state index in [1.165, 1.54) is 0 Å². The third kappa shape index (κ3) is 13.2. The lowest BCUT2D eigenvalue weighted by molar-refractivity contribution is -0.143. The number of nitrogens with one attached hydrogen (secondary N) is 3. The van der Waals surface area contributed by atoms with Crippen LogP contribution in [0.2, 0.25) is 0 Å². The number of carbonyl (C=O) groups excluding carboxylic acids is 3. The lowest BCUT2D eigenvalue weighted by Crippen LogP contribution is -2.57. The summed E-state index contributed by atoms with van der Waals surface area (Å²) in [6.45, 7) is 3.82. The summed E-state index contributed by atoms with van der Waals surface area (Å²) in [7, 11) is 0. The molecule has 39 heavy (non-hydrogen) atoms. The number of aliphatic imine (C=N–C) groups is 1. The van der Waals surface area contributed by atoms with Crippen LogP contribution in [0.15, 0.2) is 35.3 Å². The summed E-state index contributed by atoms with van der Waals surface area (Å²) in [4.78, 5) is 65.5. The first-order valence-corrected chi connectivity index (χ1v) is 12.5. The fourth-order valence-corrected chi connectivity index (χ4v) is 3.61. The largest absolute Gasteiger partial charge is 0.481 e. The number of nitrogens with zero attached hydrogens (tertiary/aromatic N) is 1. The van der Waals surface area contributed by atoms with Crippen LogP contribution >= 0.6 is 0 Å². The minimum Gasteiger partial charge on any atom is -0.481 e. The molecule has 0 heterocycles. The van der Waals surface area contributed by atoms with Crippen molar-refractivity contribution in [2.75, 3.05) is 6.54 Å². The smallest absolute Gasteiger partial charge is 0.326 e. The molecule has 0 aliphatic carbocycles. The summed E-state index contributed by atoms with van der Waals surface area (Å²) in [5, 5.41) is 26.1. The van der Waals surface area contributed by atoms with Crippen molar-refractivity contribution in [3.05, 3.63) is 35.9 Å². The molecule has 0 aliphatic heterocycles. The minimum atomic E-state index is -1.53.